The molecule has 0 aromatic heterocycles. The molecule has 0 heterocycles. The lowest BCUT2D eigenvalue weighted by molar-refractivity contribution is 0.582. The van der Waals surface area contributed by atoms with Gasteiger partial charge in [0.15, 0.2) is 0 Å². The molecule has 40 heavy (non-hydrogen) atoms. The molecule has 3 heteroatoms. The summed E-state index contributed by atoms with van der Waals surface area (Å²) in [6.45, 7) is 7.01. The molecule has 208 valence electrons. The maximum Gasteiger partial charge on any atom is 0.112 e. The molecule has 0 amide bonds. The first-order chi connectivity index (χ1) is 19.6. The van der Waals surface area contributed by atoms with Crippen molar-refractivity contribution in [2.75, 3.05) is 18.0 Å². The van der Waals surface area contributed by atoms with E-state index in [1.807, 2.05) is 0 Å². The molecule has 4 aromatic rings. The standard InChI is InChI=1S/C37H46N2P/c1-31-21-20-28-36(37(31)32(2)38)39-29-18-7-5-3-4-6-8-19-30-40(33-22-12-9-13-23-33,34-24-14-10-15-25-34)35-26-16-11-17-27-35/h9-17,20-28,39H,2-8,18-19,29-30,38H2,1H3/q+1. The van der Waals surface area contributed by atoms with Gasteiger partial charge in [0.25, 0.3) is 0 Å². The first-order valence-corrected chi connectivity index (χ1v) is 16.9. The van der Waals surface area contributed by atoms with Crippen LogP contribution in [0, 0.1) is 6.92 Å². The van der Waals surface area contributed by atoms with Gasteiger partial charge in [-0.1, -0.05) is 105 Å². The maximum atomic E-state index is 6.01. The van der Waals surface area contributed by atoms with Gasteiger partial charge in [-0.05, 0) is 74.2 Å². The molecular formula is C37H46N2P+. The second kappa shape index (κ2) is 15.4. The molecule has 0 bridgehead atoms. The van der Waals surface area contributed by atoms with E-state index in [1.54, 1.807) is 0 Å². The number of aryl methyl sites for hydroxylation is 1. The Morgan fingerprint density at radius 3 is 1.52 bits per heavy atom. The van der Waals surface area contributed by atoms with Crippen LogP contribution in [-0.2, 0) is 0 Å². The van der Waals surface area contributed by atoms with Crippen molar-refractivity contribution in [1.29, 1.82) is 0 Å². The van der Waals surface area contributed by atoms with Crippen molar-refractivity contribution in [1.82, 2.24) is 0 Å². The molecule has 3 N–H and O–H groups in total. The monoisotopic (exact) mass is 549 g/mol. The number of rotatable bonds is 16. The average molecular weight is 550 g/mol. The molecule has 4 aromatic carbocycles. The van der Waals surface area contributed by atoms with E-state index in [9.17, 15) is 0 Å². The number of nitrogens with two attached hydrogens (primary N) is 1. The van der Waals surface area contributed by atoms with Crippen LogP contribution in [0.1, 0.15) is 62.5 Å². The number of hydrogen-bond donors (Lipinski definition) is 2. The van der Waals surface area contributed by atoms with Crippen molar-refractivity contribution in [3.05, 3.63) is 127 Å². The zero-order valence-electron chi connectivity index (χ0n) is 24.2. The summed E-state index contributed by atoms with van der Waals surface area (Å²) in [5, 5.41) is 8.06. The van der Waals surface area contributed by atoms with Crippen molar-refractivity contribution in [2.24, 2.45) is 5.73 Å². The maximum absolute atomic E-state index is 6.01. The summed E-state index contributed by atoms with van der Waals surface area (Å²) in [7, 11) is -1.69. The molecule has 0 unspecified atom stereocenters. The summed E-state index contributed by atoms with van der Waals surface area (Å²) >= 11 is 0. The Balaban J connectivity index is 1.24. The molecule has 0 radical (unpaired) electrons. The SMILES string of the molecule is C=C(N)c1c(C)cccc1NCCCCCCCCCC[P+](c1ccccc1)(c1ccccc1)c1ccccc1. The molecule has 0 atom stereocenters. The van der Waals surface area contributed by atoms with Crippen molar-refractivity contribution >= 4 is 34.6 Å². The molecule has 4 rings (SSSR count). The van der Waals surface area contributed by atoms with Gasteiger partial charge in [-0.2, -0.15) is 0 Å². The van der Waals surface area contributed by atoms with E-state index in [2.05, 4.69) is 128 Å². The fourth-order valence-electron chi connectivity index (χ4n) is 5.88. The molecule has 0 fully saturated rings. The van der Waals surface area contributed by atoms with E-state index in [0.29, 0.717) is 5.70 Å². The highest BCUT2D eigenvalue weighted by molar-refractivity contribution is 7.95. The highest BCUT2D eigenvalue weighted by atomic mass is 31.2. The largest absolute Gasteiger partial charge is 0.399 e. The number of benzene rings is 4. The lowest BCUT2D eigenvalue weighted by Gasteiger charge is -2.27. The number of nitrogens with one attached hydrogen (secondary N) is 1. The summed E-state index contributed by atoms with van der Waals surface area (Å²) in [6.07, 6.45) is 11.5. The first kappa shape index (κ1) is 29.6. The Morgan fingerprint density at radius 1 is 0.600 bits per heavy atom. The molecule has 0 saturated carbocycles. The third-order valence-electron chi connectivity index (χ3n) is 7.92. The van der Waals surface area contributed by atoms with Gasteiger partial charge in [0.1, 0.15) is 23.2 Å². The van der Waals surface area contributed by atoms with E-state index >= 15 is 0 Å². The first-order valence-electron chi connectivity index (χ1n) is 15.0. The molecule has 2 nitrogen and oxygen atoms in total. The predicted molar refractivity (Wildman–Crippen MR) is 180 cm³/mol. The zero-order valence-corrected chi connectivity index (χ0v) is 25.1. The fourth-order valence-corrected chi connectivity index (χ4v) is 10.3. The van der Waals surface area contributed by atoms with Gasteiger partial charge in [-0.25, -0.2) is 0 Å². The minimum Gasteiger partial charge on any atom is -0.399 e. The van der Waals surface area contributed by atoms with Crippen molar-refractivity contribution in [3.63, 3.8) is 0 Å². The fraction of sp³-hybridized carbons (Fsp3) is 0.297. The third-order valence-corrected chi connectivity index (χ3v) is 12.4. The van der Waals surface area contributed by atoms with E-state index in [4.69, 9.17) is 5.73 Å². The summed E-state index contributed by atoms with van der Waals surface area (Å²) in [5.74, 6) is 0. The van der Waals surface area contributed by atoms with Crippen molar-refractivity contribution < 1.29 is 0 Å². The highest BCUT2D eigenvalue weighted by Crippen LogP contribution is 2.56. The molecular weight excluding hydrogens is 503 g/mol. The van der Waals surface area contributed by atoms with Crippen LogP contribution in [0.15, 0.2) is 116 Å². The van der Waals surface area contributed by atoms with E-state index in [0.717, 1.165) is 17.8 Å². The summed E-state index contributed by atoms with van der Waals surface area (Å²) in [4.78, 5) is 0. The highest BCUT2D eigenvalue weighted by Gasteiger charge is 2.44. The number of anilines is 1. The van der Waals surface area contributed by atoms with Gasteiger partial charge in [0, 0.05) is 23.5 Å². The van der Waals surface area contributed by atoms with E-state index in [-0.39, 0.29) is 0 Å². The van der Waals surface area contributed by atoms with E-state index in [1.165, 1.54) is 79.0 Å². The smallest absolute Gasteiger partial charge is 0.112 e. The van der Waals surface area contributed by atoms with Crippen LogP contribution in [-0.4, -0.2) is 12.7 Å². The van der Waals surface area contributed by atoms with Crippen LogP contribution in [0.2, 0.25) is 0 Å². The second-order valence-electron chi connectivity index (χ2n) is 10.8. The van der Waals surface area contributed by atoms with Crippen LogP contribution < -0.4 is 27.0 Å². The molecule has 0 aliphatic carbocycles. The van der Waals surface area contributed by atoms with Crippen LogP contribution in [0.4, 0.5) is 5.69 Å². The summed E-state index contributed by atoms with van der Waals surface area (Å²) in [6, 6.07) is 40.1. The Bertz CT molecular complexity index is 1210. The Hall–Kier alpha value is -3.35. The van der Waals surface area contributed by atoms with Gasteiger partial charge in [-0.3, -0.25) is 0 Å². The van der Waals surface area contributed by atoms with Gasteiger partial charge in [-0.15, -0.1) is 0 Å². The molecule has 0 spiro atoms. The number of hydrogen-bond acceptors (Lipinski definition) is 2. The summed E-state index contributed by atoms with van der Waals surface area (Å²) < 4.78 is 0. The van der Waals surface area contributed by atoms with Crippen LogP contribution in [0.5, 0.6) is 0 Å². The Labute approximate surface area is 243 Å². The van der Waals surface area contributed by atoms with Crippen LogP contribution in [0.3, 0.4) is 0 Å². The second-order valence-corrected chi connectivity index (χ2v) is 14.4. The zero-order chi connectivity index (χ0) is 28.0. The van der Waals surface area contributed by atoms with Crippen molar-refractivity contribution in [2.45, 2.75) is 58.3 Å². The quantitative estimate of drug-likeness (QED) is 0.109. The summed E-state index contributed by atoms with van der Waals surface area (Å²) in [5.41, 5.74) is 9.99. The van der Waals surface area contributed by atoms with Crippen LogP contribution in [0.25, 0.3) is 5.70 Å². The minimum absolute atomic E-state index is 0.635. The van der Waals surface area contributed by atoms with Gasteiger partial charge >= 0.3 is 0 Å². The van der Waals surface area contributed by atoms with Crippen molar-refractivity contribution in [3.8, 4) is 0 Å². The minimum atomic E-state index is -1.69. The predicted octanol–water partition coefficient (Wildman–Crippen LogP) is 8.45. The van der Waals surface area contributed by atoms with E-state index < -0.39 is 7.26 Å². The van der Waals surface area contributed by atoms with Gasteiger partial charge in [0.05, 0.1) is 6.16 Å². The van der Waals surface area contributed by atoms with Gasteiger partial charge in [0.2, 0.25) is 0 Å². The van der Waals surface area contributed by atoms with Gasteiger partial charge < -0.3 is 11.1 Å². The molecule has 0 aliphatic heterocycles. The lowest BCUT2D eigenvalue weighted by atomic mass is 10.0. The lowest BCUT2D eigenvalue weighted by Crippen LogP contribution is -2.33. The number of unbranched alkanes of at least 4 members (excludes halogenated alkanes) is 7. The Kier molecular flexibility index (Phi) is 11.4. The van der Waals surface area contributed by atoms with Crippen LogP contribution >= 0.6 is 7.26 Å². The Morgan fingerprint density at radius 2 is 1.05 bits per heavy atom. The normalized spacial score (nSPS) is 11.3. The topological polar surface area (TPSA) is 38.0 Å². The molecule has 0 saturated heterocycles. The average Bonchev–Trinajstić information content (AvgIpc) is 2.99. The third kappa shape index (κ3) is 7.64. The molecule has 0 aliphatic rings.